The molecule has 0 aliphatic heterocycles. The van der Waals surface area contributed by atoms with E-state index in [0.717, 1.165) is 0 Å². The Balaban J connectivity index is 2.10. The monoisotopic (exact) mass is 296 g/mol. The zero-order chi connectivity index (χ0) is 14.7. The first-order valence-corrected chi connectivity index (χ1v) is 6.46. The topological polar surface area (TPSA) is 57.2 Å². The number of carbonyl (C=O) groups is 1. The molecule has 6 heteroatoms. The highest BCUT2D eigenvalue weighted by Gasteiger charge is 2.15. The first-order chi connectivity index (χ1) is 9.52. The molecule has 106 valence electrons. The molecule has 20 heavy (non-hydrogen) atoms. The highest BCUT2D eigenvalue weighted by atomic mass is 35.5. The van der Waals surface area contributed by atoms with Crippen LogP contribution < -0.4 is 5.73 Å². The molecule has 0 atom stereocenters. The van der Waals surface area contributed by atoms with Crippen molar-refractivity contribution in [2.75, 3.05) is 5.73 Å². The minimum absolute atomic E-state index is 0.0364. The molecule has 2 N–H and O–H groups in total. The number of aromatic nitrogens is 1. The van der Waals surface area contributed by atoms with Crippen molar-refractivity contribution in [2.45, 2.75) is 20.1 Å². The Bertz CT molecular complexity index is 640. The molecule has 2 aromatic rings. The predicted molar refractivity (Wildman–Crippen MR) is 75.0 cm³/mol. The second kappa shape index (κ2) is 5.96. The number of halogens is 2. The third-order valence-electron chi connectivity index (χ3n) is 2.86. The van der Waals surface area contributed by atoms with Gasteiger partial charge >= 0.3 is 5.97 Å². The van der Waals surface area contributed by atoms with Gasteiger partial charge in [0, 0.05) is 18.3 Å². The highest BCUT2D eigenvalue weighted by Crippen LogP contribution is 2.21. The first kappa shape index (κ1) is 14.4. The van der Waals surface area contributed by atoms with Crippen LogP contribution in [0.4, 0.5) is 10.1 Å². The minimum Gasteiger partial charge on any atom is -0.456 e. The number of nitrogen functional groups attached to an aromatic ring is 1. The van der Waals surface area contributed by atoms with Gasteiger partial charge in [0.25, 0.3) is 0 Å². The fraction of sp³-hybridized carbons (Fsp3) is 0.214. The molecule has 0 bridgehead atoms. The minimum atomic E-state index is -0.540. The number of nitrogens with two attached hydrogens (primary N) is 1. The maximum Gasteiger partial charge on any atom is 0.355 e. The van der Waals surface area contributed by atoms with Crippen molar-refractivity contribution >= 4 is 23.3 Å². The molecule has 0 spiro atoms. The van der Waals surface area contributed by atoms with Gasteiger partial charge in [0.1, 0.15) is 18.1 Å². The SMILES string of the molecule is CCn1cc(N)cc1C(=O)OCc1cccc(F)c1Cl. The summed E-state index contributed by atoms with van der Waals surface area (Å²) in [6.45, 7) is 2.40. The number of nitrogens with zero attached hydrogens (tertiary/aromatic N) is 1. The molecule has 0 radical (unpaired) electrons. The largest absolute Gasteiger partial charge is 0.456 e. The van der Waals surface area contributed by atoms with E-state index in [2.05, 4.69) is 0 Å². The molecule has 0 saturated carbocycles. The maximum atomic E-state index is 13.3. The van der Waals surface area contributed by atoms with Gasteiger partial charge in [0.15, 0.2) is 0 Å². The van der Waals surface area contributed by atoms with Crippen molar-refractivity contribution in [3.8, 4) is 0 Å². The predicted octanol–water partition coefficient (Wildman–Crippen LogP) is 3.24. The summed E-state index contributed by atoms with van der Waals surface area (Å²) in [7, 11) is 0. The van der Waals surface area contributed by atoms with Gasteiger partial charge in [-0.3, -0.25) is 0 Å². The van der Waals surface area contributed by atoms with Crippen molar-refractivity contribution in [3.63, 3.8) is 0 Å². The molecule has 2 rings (SSSR count). The van der Waals surface area contributed by atoms with Gasteiger partial charge in [-0.1, -0.05) is 23.7 Å². The van der Waals surface area contributed by atoms with Crippen LogP contribution in [0.3, 0.4) is 0 Å². The van der Waals surface area contributed by atoms with E-state index in [0.29, 0.717) is 23.5 Å². The fourth-order valence-corrected chi connectivity index (χ4v) is 2.02. The summed E-state index contributed by atoms with van der Waals surface area (Å²) in [5.41, 5.74) is 6.91. The molecule has 1 aromatic carbocycles. The summed E-state index contributed by atoms with van der Waals surface area (Å²) in [5, 5.41) is -0.0364. The molecule has 0 unspecified atom stereocenters. The van der Waals surface area contributed by atoms with Gasteiger partial charge < -0.3 is 15.0 Å². The molecule has 0 amide bonds. The van der Waals surface area contributed by atoms with Crippen LogP contribution in [0.5, 0.6) is 0 Å². The van der Waals surface area contributed by atoms with E-state index in [4.69, 9.17) is 22.1 Å². The van der Waals surface area contributed by atoms with E-state index in [9.17, 15) is 9.18 Å². The Morgan fingerprint density at radius 1 is 1.50 bits per heavy atom. The maximum absolute atomic E-state index is 13.3. The van der Waals surface area contributed by atoms with Crippen molar-refractivity contribution in [1.29, 1.82) is 0 Å². The van der Waals surface area contributed by atoms with E-state index in [-0.39, 0.29) is 11.6 Å². The molecule has 0 fully saturated rings. The van der Waals surface area contributed by atoms with E-state index < -0.39 is 11.8 Å². The lowest BCUT2D eigenvalue weighted by Crippen LogP contribution is -2.11. The average molecular weight is 297 g/mol. The third-order valence-corrected chi connectivity index (χ3v) is 3.28. The molecule has 1 aromatic heterocycles. The Labute approximate surface area is 120 Å². The molecular formula is C14H14ClFN2O2. The van der Waals surface area contributed by atoms with Crippen LogP contribution in [0.1, 0.15) is 23.0 Å². The molecule has 4 nitrogen and oxygen atoms in total. The van der Waals surface area contributed by atoms with E-state index in [1.165, 1.54) is 12.1 Å². The number of ether oxygens (including phenoxy) is 1. The Morgan fingerprint density at radius 3 is 2.95 bits per heavy atom. The summed E-state index contributed by atoms with van der Waals surface area (Å²) < 4.78 is 20.1. The van der Waals surface area contributed by atoms with Crippen molar-refractivity contribution in [1.82, 2.24) is 4.57 Å². The van der Waals surface area contributed by atoms with Crippen LogP contribution >= 0.6 is 11.6 Å². The summed E-state index contributed by atoms with van der Waals surface area (Å²) in [5.74, 6) is -1.06. The molecule has 0 aliphatic rings. The lowest BCUT2D eigenvalue weighted by molar-refractivity contribution is 0.0460. The van der Waals surface area contributed by atoms with Gasteiger partial charge in [-0.05, 0) is 19.1 Å². The summed E-state index contributed by atoms with van der Waals surface area (Å²) in [4.78, 5) is 12.0. The van der Waals surface area contributed by atoms with Crippen molar-refractivity contribution < 1.29 is 13.9 Å². The van der Waals surface area contributed by atoms with Crippen LogP contribution in [0.25, 0.3) is 0 Å². The van der Waals surface area contributed by atoms with E-state index in [1.807, 2.05) is 6.92 Å². The normalized spacial score (nSPS) is 10.6. The van der Waals surface area contributed by atoms with Crippen molar-refractivity contribution in [3.05, 3.63) is 52.6 Å². The standard InChI is InChI=1S/C14H14ClFN2O2/c1-2-18-7-10(17)6-12(18)14(19)20-8-9-4-3-5-11(16)13(9)15/h3-7H,2,8,17H2,1H3. The third kappa shape index (κ3) is 2.93. The number of hydrogen-bond acceptors (Lipinski definition) is 3. The average Bonchev–Trinajstić information content (AvgIpc) is 2.81. The van der Waals surface area contributed by atoms with Crippen LogP contribution in [-0.2, 0) is 17.9 Å². The van der Waals surface area contributed by atoms with Gasteiger partial charge in [-0.25, -0.2) is 9.18 Å². The number of benzene rings is 1. The number of aryl methyl sites for hydroxylation is 1. The van der Waals surface area contributed by atoms with Crippen LogP contribution in [0.2, 0.25) is 5.02 Å². The number of hydrogen-bond donors (Lipinski definition) is 1. The summed E-state index contributed by atoms with van der Waals surface area (Å²) in [6.07, 6.45) is 1.66. The second-order valence-corrected chi connectivity index (χ2v) is 4.61. The van der Waals surface area contributed by atoms with Crippen LogP contribution in [0.15, 0.2) is 30.5 Å². The van der Waals surface area contributed by atoms with Crippen LogP contribution in [0, 0.1) is 5.82 Å². The Hall–Kier alpha value is -2.01. The van der Waals surface area contributed by atoms with E-state index >= 15 is 0 Å². The lowest BCUT2D eigenvalue weighted by atomic mass is 10.2. The number of anilines is 1. The van der Waals surface area contributed by atoms with Gasteiger partial charge in [0.05, 0.1) is 10.7 Å². The van der Waals surface area contributed by atoms with Crippen molar-refractivity contribution in [2.24, 2.45) is 0 Å². The summed E-state index contributed by atoms with van der Waals surface area (Å²) >= 11 is 5.79. The quantitative estimate of drug-likeness (QED) is 0.881. The fourth-order valence-electron chi connectivity index (χ4n) is 1.84. The zero-order valence-electron chi connectivity index (χ0n) is 10.9. The molecule has 0 aliphatic carbocycles. The Morgan fingerprint density at radius 2 is 2.25 bits per heavy atom. The second-order valence-electron chi connectivity index (χ2n) is 4.23. The van der Waals surface area contributed by atoms with Gasteiger partial charge in [-0.15, -0.1) is 0 Å². The number of esters is 1. The highest BCUT2D eigenvalue weighted by molar-refractivity contribution is 6.31. The van der Waals surface area contributed by atoms with E-state index in [1.54, 1.807) is 22.9 Å². The lowest BCUT2D eigenvalue weighted by Gasteiger charge is -2.08. The Kier molecular flexibility index (Phi) is 4.29. The summed E-state index contributed by atoms with van der Waals surface area (Å²) in [6, 6.07) is 5.90. The molecular weight excluding hydrogens is 283 g/mol. The number of rotatable bonds is 4. The molecule has 1 heterocycles. The van der Waals surface area contributed by atoms with Crippen LogP contribution in [-0.4, -0.2) is 10.5 Å². The first-order valence-electron chi connectivity index (χ1n) is 6.08. The molecule has 0 saturated heterocycles. The van der Waals surface area contributed by atoms with Gasteiger partial charge in [-0.2, -0.15) is 0 Å². The zero-order valence-corrected chi connectivity index (χ0v) is 11.7. The smallest absolute Gasteiger partial charge is 0.355 e. The van der Waals surface area contributed by atoms with Gasteiger partial charge in [0.2, 0.25) is 0 Å². The number of carbonyl (C=O) groups excluding carboxylic acids is 1.